The number of aromatic nitrogens is 3. The summed E-state index contributed by atoms with van der Waals surface area (Å²) in [6.07, 6.45) is 2.16. The third kappa shape index (κ3) is 5.01. The van der Waals surface area contributed by atoms with Gasteiger partial charge < -0.3 is 14.8 Å². The predicted octanol–water partition coefficient (Wildman–Crippen LogP) is 4.79. The Morgan fingerprint density at radius 1 is 1.03 bits per heavy atom. The minimum Gasteiger partial charge on any atom is -0.483 e. The van der Waals surface area contributed by atoms with Gasteiger partial charge in [-0.3, -0.25) is 4.79 Å². The molecule has 0 saturated heterocycles. The van der Waals surface area contributed by atoms with Crippen molar-refractivity contribution in [1.82, 2.24) is 14.8 Å². The molecule has 0 atom stereocenters. The Morgan fingerprint density at radius 3 is 2.60 bits per heavy atom. The molecule has 8 heteroatoms. The Morgan fingerprint density at radius 2 is 1.83 bits per heavy atom. The number of rotatable bonds is 8. The number of amides is 1. The zero-order chi connectivity index (χ0) is 24.9. The van der Waals surface area contributed by atoms with Crippen LogP contribution in [0.1, 0.15) is 40.9 Å². The summed E-state index contributed by atoms with van der Waals surface area (Å²) in [4.78, 5) is 30.3. The first-order valence-electron chi connectivity index (χ1n) is 11.6. The fourth-order valence-electron chi connectivity index (χ4n) is 3.90. The van der Waals surface area contributed by atoms with Crippen molar-refractivity contribution >= 4 is 28.6 Å². The topological polar surface area (TPSA) is 95.3 Å². The molecule has 4 rings (SSSR count). The van der Waals surface area contributed by atoms with Crippen molar-refractivity contribution in [1.29, 1.82) is 0 Å². The lowest BCUT2D eigenvalue weighted by molar-refractivity contribution is -0.118. The first-order chi connectivity index (χ1) is 16.9. The van der Waals surface area contributed by atoms with E-state index in [0.29, 0.717) is 11.6 Å². The maximum absolute atomic E-state index is 12.9. The molecule has 2 aromatic heterocycles. The maximum Gasteiger partial charge on any atom is 0.343 e. The van der Waals surface area contributed by atoms with E-state index in [1.165, 1.54) is 10.9 Å². The lowest BCUT2D eigenvalue weighted by Gasteiger charge is -2.14. The molecule has 35 heavy (non-hydrogen) atoms. The summed E-state index contributed by atoms with van der Waals surface area (Å²) in [5.74, 6) is 0.288. The van der Waals surface area contributed by atoms with Crippen LogP contribution in [0.5, 0.6) is 5.75 Å². The number of hydrogen-bond donors (Lipinski definition) is 1. The molecule has 0 aliphatic carbocycles. The summed E-state index contributed by atoms with van der Waals surface area (Å²) in [7, 11) is 0. The van der Waals surface area contributed by atoms with E-state index in [4.69, 9.17) is 14.5 Å². The minimum absolute atomic E-state index is 0.137. The van der Waals surface area contributed by atoms with Crippen molar-refractivity contribution in [2.45, 2.75) is 34.1 Å². The molecular weight excluding hydrogens is 444 g/mol. The van der Waals surface area contributed by atoms with Crippen LogP contribution in [-0.2, 0) is 16.0 Å². The summed E-state index contributed by atoms with van der Waals surface area (Å²) in [5, 5.41) is 8.17. The molecule has 0 fully saturated rings. The third-order valence-corrected chi connectivity index (χ3v) is 5.69. The van der Waals surface area contributed by atoms with Gasteiger partial charge in [-0.05, 0) is 56.0 Å². The second-order valence-electron chi connectivity index (χ2n) is 8.11. The van der Waals surface area contributed by atoms with E-state index < -0.39 is 11.9 Å². The van der Waals surface area contributed by atoms with Gasteiger partial charge >= 0.3 is 5.97 Å². The van der Waals surface area contributed by atoms with Gasteiger partial charge in [0.2, 0.25) is 0 Å². The number of nitrogens with zero attached hydrogens (tertiary/aromatic N) is 3. The van der Waals surface area contributed by atoms with Gasteiger partial charge in [0.1, 0.15) is 11.3 Å². The molecule has 0 aliphatic heterocycles. The number of esters is 1. The van der Waals surface area contributed by atoms with Crippen LogP contribution in [0.3, 0.4) is 0 Å². The van der Waals surface area contributed by atoms with Gasteiger partial charge in [0.25, 0.3) is 5.91 Å². The zero-order valence-electron chi connectivity index (χ0n) is 20.3. The van der Waals surface area contributed by atoms with Crippen molar-refractivity contribution < 1.29 is 19.1 Å². The monoisotopic (exact) mass is 472 g/mol. The van der Waals surface area contributed by atoms with Crippen molar-refractivity contribution in [3.8, 4) is 11.6 Å². The van der Waals surface area contributed by atoms with Gasteiger partial charge in [-0.2, -0.15) is 9.78 Å². The van der Waals surface area contributed by atoms with Gasteiger partial charge in [-0.15, -0.1) is 0 Å². The average molecular weight is 473 g/mol. The van der Waals surface area contributed by atoms with E-state index in [1.54, 1.807) is 6.92 Å². The van der Waals surface area contributed by atoms with E-state index in [2.05, 4.69) is 10.4 Å². The second kappa shape index (κ2) is 10.4. The largest absolute Gasteiger partial charge is 0.483 e. The highest BCUT2D eigenvalue weighted by Crippen LogP contribution is 2.26. The fourth-order valence-corrected chi connectivity index (χ4v) is 3.90. The highest BCUT2D eigenvalue weighted by Gasteiger charge is 2.23. The van der Waals surface area contributed by atoms with Crippen LogP contribution in [0.15, 0.2) is 54.7 Å². The van der Waals surface area contributed by atoms with E-state index in [0.717, 1.165) is 34.0 Å². The van der Waals surface area contributed by atoms with Crippen LogP contribution in [0, 0.1) is 13.8 Å². The number of fused-ring (bicyclic) bond motifs is 1. The van der Waals surface area contributed by atoms with Crippen LogP contribution in [0.25, 0.3) is 16.7 Å². The summed E-state index contributed by atoms with van der Waals surface area (Å²) in [6, 6.07) is 15.4. The number of nitrogens with one attached hydrogen (secondary N) is 1. The average Bonchev–Trinajstić information content (AvgIpc) is 3.27. The van der Waals surface area contributed by atoms with Crippen molar-refractivity contribution in [3.05, 3.63) is 77.0 Å². The van der Waals surface area contributed by atoms with Gasteiger partial charge in [-0.25, -0.2) is 9.78 Å². The molecular formula is C27H28N4O4. The van der Waals surface area contributed by atoms with E-state index in [1.807, 2.05) is 69.3 Å². The summed E-state index contributed by atoms with van der Waals surface area (Å²) in [5.41, 5.74) is 3.98. The summed E-state index contributed by atoms with van der Waals surface area (Å²) in [6.45, 7) is 7.68. The molecule has 1 N–H and O–H groups in total. The number of carbonyl (C=O) groups excluding carboxylic acids is 2. The van der Waals surface area contributed by atoms with Crippen LogP contribution >= 0.6 is 0 Å². The van der Waals surface area contributed by atoms with Gasteiger partial charge in [0.15, 0.2) is 18.2 Å². The molecule has 1 amide bonds. The lowest BCUT2D eigenvalue weighted by Crippen LogP contribution is -2.24. The number of ether oxygens (including phenoxy) is 2. The predicted molar refractivity (Wildman–Crippen MR) is 134 cm³/mol. The summed E-state index contributed by atoms with van der Waals surface area (Å²) >= 11 is 0. The molecule has 0 unspecified atom stereocenters. The minimum atomic E-state index is -0.583. The lowest BCUT2D eigenvalue weighted by atomic mass is 10.1. The van der Waals surface area contributed by atoms with Crippen LogP contribution in [-0.4, -0.2) is 39.9 Å². The molecule has 8 nitrogen and oxygen atoms in total. The Balaban J connectivity index is 1.68. The van der Waals surface area contributed by atoms with Crippen molar-refractivity contribution in [2.75, 3.05) is 18.5 Å². The van der Waals surface area contributed by atoms with Crippen LogP contribution < -0.4 is 10.1 Å². The number of para-hydroxylation sites is 2. The van der Waals surface area contributed by atoms with E-state index in [-0.39, 0.29) is 24.6 Å². The normalized spacial score (nSPS) is 10.9. The third-order valence-electron chi connectivity index (χ3n) is 5.69. The van der Waals surface area contributed by atoms with Crippen LogP contribution in [0.4, 0.5) is 5.82 Å². The quantitative estimate of drug-likeness (QED) is 0.370. The first kappa shape index (κ1) is 23.9. The molecule has 0 aliphatic rings. The SMILES string of the molecule is CCOC(=O)c1cnn(-c2cc(C)c3cccc(C)c3n2)c1NC(=O)COc1ccccc1CC. The molecule has 4 aromatic rings. The Kier molecular flexibility index (Phi) is 7.10. The number of carbonyl (C=O) groups is 2. The highest BCUT2D eigenvalue weighted by molar-refractivity contribution is 6.01. The molecule has 0 saturated carbocycles. The number of aryl methyl sites for hydroxylation is 3. The molecule has 2 aromatic carbocycles. The number of pyridine rings is 1. The summed E-state index contributed by atoms with van der Waals surface area (Å²) < 4.78 is 12.4. The smallest absolute Gasteiger partial charge is 0.343 e. The Bertz CT molecular complexity index is 1390. The van der Waals surface area contributed by atoms with E-state index in [9.17, 15) is 9.59 Å². The molecule has 0 spiro atoms. The van der Waals surface area contributed by atoms with Crippen molar-refractivity contribution in [3.63, 3.8) is 0 Å². The maximum atomic E-state index is 12.9. The molecule has 0 radical (unpaired) electrons. The molecule has 180 valence electrons. The standard InChI is InChI=1S/C27H28N4O4/c1-5-19-11-7-8-13-22(19)35-16-24(32)30-26-21(27(33)34-6-2)15-28-31(26)23-14-18(4)20-12-9-10-17(3)25(20)29-23/h7-15H,5-6,16H2,1-4H3,(H,30,32). The van der Waals surface area contributed by atoms with E-state index >= 15 is 0 Å². The van der Waals surface area contributed by atoms with Gasteiger partial charge in [0, 0.05) is 5.39 Å². The van der Waals surface area contributed by atoms with Gasteiger partial charge in [0.05, 0.1) is 18.3 Å². The molecule has 2 heterocycles. The second-order valence-corrected chi connectivity index (χ2v) is 8.11. The number of hydrogen-bond acceptors (Lipinski definition) is 6. The van der Waals surface area contributed by atoms with Crippen LogP contribution in [0.2, 0.25) is 0 Å². The Hall–Kier alpha value is -4.20. The number of anilines is 1. The number of benzene rings is 2. The zero-order valence-corrected chi connectivity index (χ0v) is 20.3. The highest BCUT2D eigenvalue weighted by atomic mass is 16.5. The first-order valence-corrected chi connectivity index (χ1v) is 11.6. The Labute approximate surface area is 203 Å². The van der Waals surface area contributed by atoms with Gasteiger partial charge in [-0.1, -0.05) is 43.3 Å². The van der Waals surface area contributed by atoms with Crippen molar-refractivity contribution in [2.24, 2.45) is 0 Å². The molecule has 0 bridgehead atoms. The fraction of sp³-hybridized carbons (Fsp3) is 0.259.